The fraction of sp³-hybridized carbons (Fsp3) is 0.588. The molecule has 0 unspecified atom stereocenters. The molecule has 1 N–H and O–H groups in total. The molecule has 0 aliphatic rings. The van der Waals surface area contributed by atoms with Crippen LogP contribution in [0.3, 0.4) is 0 Å². The number of hydrogen-bond acceptors (Lipinski definition) is 3. The number of aryl methyl sites for hydroxylation is 2. The van der Waals surface area contributed by atoms with Crippen LogP contribution in [0, 0.1) is 12.8 Å². The second-order valence-electron chi connectivity index (χ2n) is 6.08. The zero-order chi connectivity index (χ0) is 15.4. The van der Waals surface area contributed by atoms with Crippen molar-refractivity contribution in [2.45, 2.75) is 60.2 Å². The summed E-state index contributed by atoms with van der Waals surface area (Å²) < 4.78 is 5.52. The molecule has 0 bridgehead atoms. The molecule has 0 radical (unpaired) electrons. The number of nitrogens with zero attached hydrogens (tertiary/aromatic N) is 2. The Labute approximate surface area is 127 Å². The minimum absolute atomic E-state index is 0.469. The fourth-order valence-corrected chi connectivity index (χ4v) is 2.45. The van der Waals surface area contributed by atoms with Gasteiger partial charge in [0.25, 0.3) is 0 Å². The van der Waals surface area contributed by atoms with Gasteiger partial charge in [-0.3, -0.25) is 4.90 Å². The topological polar surface area (TPSA) is 45.1 Å². The maximum Gasteiger partial charge on any atom is 0.117 e. The maximum atomic E-state index is 5.52. The third-order valence-corrected chi connectivity index (χ3v) is 4.20. The van der Waals surface area contributed by atoms with Crippen LogP contribution >= 0.6 is 0 Å². The highest BCUT2D eigenvalue weighted by Crippen LogP contribution is 2.19. The summed E-state index contributed by atoms with van der Waals surface area (Å²) in [6, 6.07) is 4.45. The molecule has 0 aliphatic carbocycles. The maximum absolute atomic E-state index is 5.52. The summed E-state index contributed by atoms with van der Waals surface area (Å²) in [6.07, 6.45) is 2.68. The van der Waals surface area contributed by atoms with Crippen LogP contribution in [0.4, 0.5) is 0 Å². The molecule has 4 heteroatoms. The number of H-pyrrole nitrogens is 1. The molecule has 2 aromatic rings. The van der Waals surface area contributed by atoms with Crippen LogP contribution in [0.25, 0.3) is 0 Å². The molecule has 2 rings (SSSR count). The van der Waals surface area contributed by atoms with Gasteiger partial charge in [-0.25, -0.2) is 4.98 Å². The van der Waals surface area contributed by atoms with Crippen LogP contribution < -0.4 is 0 Å². The summed E-state index contributed by atoms with van der Waals surface area (Å²) in [4.78, 5) is 10.5. The lowest BCUT2D eigenvalue weighted by molar-refractivity contribution is 0.138. The molecular formula is C17H27N3O. The van der Waals surface area contributed by atoms with Crippen LogP contribution in [0.2, 0.25) is 0 Å². The standard InChI is InChI=1S/C17H27N3O/c1-6-17-18-13(4)16(19-17)11-20(14(5)12(2)3)10-15-8-7-9-21-15/h7-9,12,14H,6,10-11H2,1-5H3,(H,18,19)/t14-/m0/s1. The summed E-state index contributed by atoms with van der Waals surface area (Å²) in [7, 11) is 0. The quantitative estimate of drug-likeness (QED) is 0.840. The smallest absolute Gasteiger partial charge is 0.117 e. The van der Waals surface area contributed by atoms with Crippen molar-refractivity contribution < 1.29 is 4.42 Å². The highest BCUT2D eigenvalue weighted by Gasteiger charge is 2.21. The van der Waals surface area contributed by atoms with Crippen molar-refractivity contribution in [1.82, 2.24) is 14.9 Å². The Morgan fingerprint density at radius 3 is 2.57 bits per heavy atom. The molecule has 0 saturated carbocycles. The highest BCUT2D eigenvalue weighted by molar-refractivity contribution is 5.13. The number of hydrogen-bond donors (Lipinski definition) is 1. The third-order valence-electron chi connectivity index (χ3n) is 4.20. The first-order valence-electron chi connectivity index (χ1n) is 7.82. The lowest BCUT2D eigenvalue weighted by Crippen LogP contribution is -2.36. The summed E-state index contributed by atoms with van der Waals surface area (Å²) in [5.74, 6) is 2.66. The molecule has 0 aliphatic heterocycles. The third kappa shape index (κ3) is 3.97. The number of aromatic amines is 1. The Bertz CT molecular complexity index is 542. The summed E-state index contributed by atoms with van der Waals surface area (Å²) in [6.45, 7) is 12.7. The number of furan rings is 1. The van der Waals surface area contributed by atoms with Crippen molar-refractivity contribution in [1.29, 1.82) is 0 Å². The first-order chi connectivity index (χ1) is 10.0. The van der Waals surface area contributed by atoms with Crippen molar-refractivity contribution in [3.8, 4) is 0 Å². The molecule has 1 atom stereocenters. The van der Waals surface area contributed by atoms with Crippen molar-refractivity contribution in [2.24, 2.45) is 5.92 Å². The van der Waals surface area contributed by atoms with E-state index in [0.717, 1.165) is 36.8 Å². The van der Waals surface area contributed by atoms with Gasteiger partial charge in [0.05, 0.1) is 18.5 Å². The number of imidazole rings is 1. The van der Waals surface area contributed by atoms with Gasteiger partial charge in [0.2, 0.25) is 0 Å². The van der Waals surface area contributed by atoms with Gasteiger partial charge in [-0.2, -0.15) is 0 Å². The molecular weight excluding hydrogens is 262 g/mol. The van der Waals surface area contributed by atoms with E-state index in [-0.39, 0.29) is 0 Å². The van der Waals surface area contributed by atoms with E-state index in [9.17, 15) is 0 Å². The van der Waals surface area contributed by atoms with Gasteiger partial charge >= 0.3 is 0 Å². The predicted octanol–water partition coefficient (Wildman–Crippen LogP) is 3.92. The SMILES string of the molecule is CCc1nc(CN(Cc2ccco2)[C@@H](C)C(C)C)c(C)[nH]1. The molecule has 116 valence electrons. The van der Waals surface area contributed by atoms with Crippen molar-refractivity contribution in [2.75, 3.05) is 0 Å². The van der Waals surface area contributed by atoms with E-state index in [0.29, 0.717) is 12.0 Å². The number of nitrogens with one attached hydrogen (secondary N) is 1. The van der Waals surface area contributed by atoms with E-state index in [1.807, 2.05) is 12.1 Å². The molecule has 2 aromatic heterocycles. The van der Waals surface area contributed by atoms with Gasteiger partial charge in [0.1, 0.15) is 11.6 Å². The van der Waals surface area contributed by atoms with Crippen LogP contribution in [0.15, 0.2) is 22.8 Å². The van der Waals surface area contributed by atoms with Crippen LogP contribution in [-0.2, 0) is 19.5 Å². The van der Waals surface area contributed by atoms with Gasteiger partial charge in [-0.15, -0.1) is 0 Å². The van der Waals surface area contributed by atoms with Gasteiger partial charge in [0.15, 0.2) is 0 Å². The zero-order valence-corrected chi connectivity index (χ0v) is 13.8. The molecule has 0 spiro atoms. The predicted molar refractivity (Wildman–Crippen MR) is 85.0 cm³/mol. The summed E-state index contributed by atoms with van der Waals surface area (Å²) >= 11 is 0. The van der Waals surface area contributed by atoms with Crippen LogP contribution in [0.1, 0.15) is 50.7 Å². The summed E-state index contributed by atoms with van der Waals surface area (Å²) in [5, 5.41) is 0. The number of rotatable bonds is 7. The molecule has 2 heterocycles. The van der Waals surface area contributed by atoms with E-state index >= 15 is 0 Å². The lowest BCUT2D eigenvalue weighted by atomic mass is 10.0. The number of aromatic nitrogens is 2. The van der Waals surface area contributed by atoms with E-state index in [2.05, 4.69) is 44.5 Å². The van der Waals surface area contributed by atoms with E-state index < -0.39 is 0 Å². The molecule has 0 aromatic carbocycles. The Morgan fingerprint density at radius 2 is 2.05 bits per heavy atom. The first kappa shape index (κ1) is 15.8. The van der Waals surface area contributed by atoms with E-state index in [1.54, 1.807) is 6.26 Å². The molecule has 0 saturated heterocycles. The van der Waals surface area contributed by atoms with Crippen LogP contribution in [0.5, 0.6) is 0 Å². The average molecular weight is 289 g/mol. The highest BCUT2D eigenvalue weighted by atomic mass is 16.3. The Hall–Kier alpha value is -1.55. The lowest BCUT2D eigenvalue weighted by Gasteiger charge is -2.30. The van der Waals surface area contributed by atoms with Gasteiger partial charge in [-0.1, -0.05) is 20.8 Å². The van der Waals surface area contributed by atoms with Crippen molar-refractivity contribution >= 4 is 0 Å². The zero-order valence-electron chi connectivity index (χ0n) is 13.8. The van der Waals surface area contributed by atoms with E-state index in [4.69, 9.17) is 9.40 Å². The molecule has 0 fully saturated rings. The molecule has 4 nitrogen and oxygen atoms in total. The minimum atomic E-state index is 0.469. The van der Waals surface area contributed by atoms with Crippen LogP contribution in [-0.4, -0.2) is 20.9 Å². The Morgan fingerprint density at radius 1 is 1.29 bits per heavy atom. The van der Waals surface area contributed by atoms with Gasteiger partial charge in [0, 0.05) is 24.7 Å². The van der Waals surface area contributed by atoms with Gasteiger partial charge in [-0.05, 0) is 31.9 Å². The van der Waals surface area contributed by atoms with Gasteiger partial charge < -0.3 is 9.40 Å². The second kappa shape index (κ2) is 6.94. The minimum Gasteiger partial charge on any atom is -0.468 e. The second-order valence-corrected chi connectivity index (χ2v) is 6.08. The monoisotopic (exact) mass is 289 g/mol. The summed E-state index contributed by atoms with van der Waals surface area (Å²) in [5.41, 5.74) is 2.32. The largest absolute Gasteiger partial charge is 0.468 e. The van der Waals surface area contributed by atoms with E-state index in [1.165, 1.54) is 5.69 Å². The first-order valence-corrected chi connectivity index (χ1v) is 7.82. The fourth-order valence-electron chi connectivity index (χ4n) is 2.45. The average Bonchev–Trinajstić information content (AvgIpc) is 3.07. The molecule has 0 amide bonds. The van der Waals surface area contributed by atoms with Crippen molar-refractivity contribution in [3.05, 3.63) is 41.4 Å². The normalized spacial score (nSPS) is 13.3. The van der Waals surface area contributed by atoms with Crippen molar-refractivity contribution in [3.63, 3.8) is 0 Å². The Balaban J connectivity index is 2.16. The molecule has 21 heavy (non-hydrogen) atoms. The Kier molecular flexibility index (Phi) is 5.23.